The third-order valence-electron chi connectivity index (χ3n) is 4.72. The van der Waals surface area contributed by atoms with Crippen molar-refractivity contribution in [1.29, 1.82) is 0 Å². The summed E-state index contributed by atoms with van der Waals surface area (Å²) in [6.45, 7) is 3.53. The highest BCUT2D eigenvalue weighted by Gasteiger charge is 2.33. The molecule has 0 bridgehead atoms. The van der Waals surface area contributed by atoms with Crippen molar-refractivity contribution in [2.45, 2.75) is 38.1 Å². The van der Waals surface area contributed by atoms with Crippen molar-refractivity contribution in [3.63, 3.8) is 0 Å². The third kappa shape index (κ3) is 3.32. The molecule has 0 aliphatic carbocycles. The van der Waals surface area contributed by atoms with Crippen LogP contribution in [0, 0.1) is 0 Å². The number of nitrogens with zero attached hydrogens (tertiary/aromatic N) is 3. The van der Waals surface area contributed by atoms with Gasteiger partial charge in [-0.15, -0.1) is 0 Å². The first-order valence-corrected chi connectivity index (χ1v) is 8.46. The molecule has 5 nitrogen and oxygen atoms in total. The smallest absolute Gasteiger partial charge is 0.173 e. The van der Waals surface area contributed by atoms with Gasteiger partial charge in [-0.1, -0.05) is 18.6 Å². The normalized spacial score (nSPS) is 23.4. The molecule has 1 aromatic heterocycles. The van der Waals surface area contributed by atoms with Crippen molar-refractivity contribution in [2.75, 3.05) is 19.8 Å². The third-order valence-corrected chi connectivity index (χ3v) is 4.72. The van der Waals surface area contributed by atoms with Gasteiger partial charge in [-0.05, 0) is 43.1 Å². The Bertz CT molecular complexity index is 606. The van der Waals surface area contributed by atoms with Gasteiger partial charge in [-0.3, -0.25) is 4.90 Å². The number of aromatic nitrogens is 2. The van der Waals surface area contributed by atoms with E-state index in [1.165, 1.54) is 18.4 Å². The highest BCUT2D eigenvalue weighted by atomic mass is 16.7. The van der Waals surface area contributed by atoms with E-state index in [-0.39, 0.29) is 6.29 Å². The maximum Gasteiger partial charge on any atom is 0.173 e. The van der Waals surface area contributed by atoms with E-state index in [0.29, 0.717) is 6.04 Å². The summed E-state index contributed by atoms with van der Waals surface area (Å²) < 4.78 is 13.4. The van der Waals surface area contributed by atoms with Gasteiger partial charge in [0, 0.05) is 18.9 Å². The Hall–Kier alpha value is -1.69. The lowest BCUT2D eigenvalue weighted by molar-refractivity contribution is -0.111. The van der Waals surface area contributed by atoms with E-state index < -0.39 is 0 Å². The fourth-order valence-corrected chi connectivity index (χ4v) is 3.53. The zero-order valence-corrected chi connectivity index (χ0v) is 13.3. The molecule has 2 aliphatic heterocycles. The van der Waals surface area contributed by atoms with Crippen LogP contribution >= 0.6 is 0 Å². The zero-order chi connectivity index (χ0) is 15.5. The Morgan fingerprint density at radius 3 is 2.65 bits per heavy atom. The van der Waals surface area contributed by atoms with E-state index in [9.17, 15) is 0 Å². The Labute approximate surface area is 136 Å². The summed E-state index contributed by atoms with van der Waals surface area (Å²) in [7, 11) is 0. The molecule has 3 heterocycles. The first-order valence-electron chi connectivity index (χ1n) is 8.46. The maximum absolute atomic E-state index is 5.75. The van der Waals surface area contributed by atoms with Crippen molar-refractivity contribution in [3.05, 3.63) is 48.3 Å². The molecule has 0 radical (unpaired) electrons. The predicted molar refractivity (Wildman–Crippen MR) is 87.3 cm³/mol. The molecule has 1 atom stereocenters. The second kappa shape index (κ2) is 6.83. The minimum atomic E-state index is -0.0429. The molecule has 122 valence electrons. The highest BCUT2D eigenvalue weighted by Crippen LogP contribution is 2.26. The van der Waals surface area contributed by atoms with E-state index in [2.05, 4.69) is 34.3 Å². The molecule has 0 amide bonds. The van der Waals surface area contributed by atoms with Gasteiger partial charge in [-0.25, -0.2) is 4.68 Å². The van der Waals surface area contributed by atoms with E-state index in [1.807, 2.05) is 16.9 Å². The number of hydrogen-bond acceptors (Lipinski definition) is 4. The average Bonchev–Trinajstić information content (AvgIpc) is 3.30. The monoisotopic (exact) mass is 313 g/mol. The van der Waals surface area contributed by atoms with Gasteiger partial charge in [-0.2, -0.15) is 5.10 Å². The molecule has 1 aromatic carbocycles. The van der Waals surface area contributed by atoms with Crippen LogP contribution in [0.3, 0.4) is 0 Å². The molecule has 2 aromatic rings. The van der Waals surface area contributed by atoms with Crippen molar-refractivity contribution in [2.24, 2.45) is 0 Å². The average molecular weight is 313 g/mol. The van der Waals surface area contributed by atoms with Gasteiger partial charge in [0.2, 0.25) is 0 Å². The topological polar surface area (TPSA) is 39.5 Å². The molecule has 0 saturated carbocycles. The van der Waals surface area contributed by atoms with Crippen LogP contribution in [-0.4, -0.2) is 46.8 Å². The van der Waals surface area contributed by atoms with Gasteiger partial charge < -0.3 is 9.47 Å². The minimum absolute atomic E-state index is 0.0429. The van der Waals surface area contributed by atoms with Gasteiger partial charge in [0.05, 0.1) is 24.9 Å². The van der Waals surface area contributed by atoms with Gasteiger partial charge in [0.1, 0.15) is 0 Å². The summed E-state index contributed by atoms with van der Waals surface area (Å²) in [6, 6.07) is 11.0. The lowest BCUT2D eigenvalue weighted by Gasteiger charge is -2.38. The van der Waals surface area contributed by atoms with Gasteiger partial charge in [0.15, 0.2) is 6.29 Å². The summed E-state index contributed by atoms with van der Waals surface area (Å²) >= 11 is 0. The quantitative estimate of drug-likeness (QED) is 0.870. The minimum Gasteiger partial charge on any atom is -0.349 e. The van der Waals surface area contributed by atoms with Gasteiger partial charge >= 0.3 is 0 Å². The molecular weight excluding hydrogens is 290 g/mol. The lowest BCUT2D eigenvalue weighted by atomic mass is 10.0. The van der Waals surface area contributed by atoms with Crippen molar-refractivity contribution >= 4 is 0 Å². The van der Waals surface area contributed by atoms with Crippen molar-refractivity contribution in [1.82, 2.24) is 14.7 Å². The van der Waals surface area contributed by atoms with Crippen molar-refractivity contribution < 1.29 is 9.47 Å². The zero-order valence-electron chi connectivity index (χ0n) is 13.3. The lowest BCUT2D eigenvalue weighted by Crippen LogP contribution is -2.46. The molecule has 23 heavy (non-hydrogen) atoms. The van der Waals surface area contributed by atoms with E-state index in [0.717, 1.165) is 38.4 Å². The Morgan fingerprint density at radius 2 is 1.91 bits per heavy atom. The first-order chi connectivity index (χ1) is 11.4. The van der Waals surface area contributed by atoms with Crippen LogP contribution < -0.4 is 0 Å². The summed E-state index contributed by atoms with van der Waals surface area (Å²) in [4.78, 5) is 2.52. The summed E-state index contributed by atoms with van der Waals surface area (Å²) in [6.07, 6.45) is 7.41. The molecule has 2 aliphatic rings. The molecule has 5 heteroatoms. The number of hydrogen-bond donors (Lipinski definition) is 0. The van der Waals surface area contributed by atoms with Crippen LogP contribution in [-0.2, 0) is 16.0 Å². The molecule has 4 rings (SSSR count). The van der Waals surface area contributed by atoms with E-state index in [1.54, 1.807) is 6.20 Å². The van der Waals surface area contributed by atoms with Gasteiger partial charge in [0.25, 0.3) is 0 Å². The fraction of sp³-hybridized carbons (Fsp3) is 0.500. The highest BCUT2D eigenvalue weighted by molar-refractivity contribution is 5.33. The summed E-state index contributed by atoms with van der Waals surface area (Å²) in [5, 5.41) is 4.27. The van der Waals surface area contributed by atoms with E-state index >= 15 is 0 Å². The number of piperidine rings is 1. The number of benzene rings is 1. The Kier molecular flexibility index (Phi) is 4.41. The predicted octanol–water partition coefficient (Wildman–Crippen LogP) is 2.60. The number of ether oxygens (including phenoxy) is 2. The molecule has 0 N–H and O–H groups in total. The van der Waals surface area contributed by atoms with Crippen LogP contribution in [0.1, 0.15) is 24.8 Å². The first kappa shape index (κ1) is 14.9. The van der Waals surface area contributed by atoms with E-state index in [4.69, 9.17) is 9.47 Å². The van der Waals surface area contributed by atoms with Crippen LogP contribution in [0.25, 0.3) is 5.69 Å². The molecular formula is C18H23N3O2. The summed E-state index contributed by atoms with van der Waals surface area (Å²) in [5.41, 5.74) is 2.42. The number of likely N-dealkylation sites (tertiary alicyclic amines) is 1. The second-order valence-corrected chi connectivity index (χ2v) is 6.26. The SMILES string of the molecule is c1cnn(-c2ccc(CN3CCCC[C@@H]3C3OCCO3)cc2)c1. The van der Waals surface area contributed by atoms with Crippen LogP contribution in [0.15, 0.2) is 42.7 Å². The molecule has 2 saturated heterocycles. The Balaban J connectivity index is 1.45. The molecule has 2 fully saturated rings. The second-order valence-electron chi connectivity index (χ2n) is 6.26. The standard InChI is InChI=1S/C18H23N3O2/c1-2-10-20(17(4-1)18-22-12-13-23-18)14-15-5-7-16(8-6-15)21-11-3-9-19-21/h3,5-9,11,17-18H,1-2,4,10,12-14H2/t17-/m1/s1. The maximum atomic E-state index is 5.75. The summed E-state index contributed by atoms with van der Waals surface area (Å²) in [5.74, 6) is 0. The van der Waals surface area contributed by atoms with Crippen LogP contribution in [0.5, 0.6) is 0 Å². The van der Waals surface area contributed by atoms with Crippen LogP contribution in [0.4, 0.5) is 0 Å². The number of rotatable bonds is 4. The fourth-order valence-electron chi connectivity index (χ4n) is 3.53. The molecule has 0 spiro atoms. The molecule has 0 unspecified atom stereocenters. The van der Waals surface area contributed by atoms with Crippen molar-refractivity contribution in [3.8, 4) is 5.69 Å². The Morgan fingerprint density at radius 1 is 1.09 bits per heavy atom. The largest absolute Gasteiger partial charge is 0.349 e. The van der Waals surface area contributed by atoms with Crippen LogP contribution in [0.2, 0.25) is 0 Å².